The third-order valence-corrected chi connectivity index (χ3v) is 5.85. The van der Waals surface area contributed by atoms with Gasteiger partial charge in [-0.25, -0.2) is 0 Å². The van der Waals surface area contributed by atoms with Crippen LogP contribution in [0.1, 0.15) is 46.0 Å². The van der Waals surface area contributed by atoms with Crippen LogP contribution >= 0.6 is 0 Å². The Kier molecular flexibility index (Phi) is 1.90. The van der Waals surface area contributed by atoms with Gasteiger partial charge in [0, 0.05) is 5.54 Å². The maximum absolute atomic E-state index is 2.66. The zero-order valence-electron chi connectivity index (χ0n) is 10.3. The van der Waals surface area contributed by atoms with Crippen LogP contribution in [0.4, 0.5) is 0 Å². The third kappa shape index (κ3) is 0.982. The first kappa shape index (κ1) is 9.89. The van der Waals surface area contributed by atoms with E-state index < -0.39 is 0 Å². The second-order valence-electron chi connectivity index (χ2n) is 6.08. The van der Waals surface area contributed by atoms with Gasteiger partial charge in [-0.2, -0.15) is 0 Å². The van der Waals surface area contributed by atoms with Gasteiger partial charge in [0.2, 0.25) is 0 Å². The van der Waals surface area contributed by atoms with Crippen LogP contribution < -0.4 is 0 Å². The molecule has 0 spiro atoms. The molecule has 1 heteroatoms. The van der Waals surface area contributed by atoms with Crippen molar-refractivity contribution in [3.63, 3.8) is 0 Å². The van der Waals surface area contributed by atoms with Crippen LogP contribution in [-0.2, 0) is 0 Å². The smallest absolute Gasteiger partial charge is 0.0332 e. The quantitative estimate of drug-likeness (QED) is 0.549. The van der Waals surface area contributed by atoms with Crippen LogP contribution in [0.5, 0.6) is 0 Å². The lowest BCUT2D eigenvalue weighted by Crippen LogP contribution is -2.33. The fraction of sp³-hybridized carbons (Fsp3) is 0.857. The highest BCUT2D eigenvalue weighted by atomic mass is 15.3. The average molecular weight is 205 g/mol. The summed E-state index contributed by atoms with van der Waals surface area (Å²) in [4.78, 5) is 2.66. The molecule has 84 valence electrons. The summed E-state index contributed by atoms with van der Waals surface area (Å²) in [6.45, 7) is 6.13. The van der Waals surface area contributed by atoms with Gasteiger partial charge in [-0.3, -0.25) is 4.90 Å². The molecule has 3 rings (SSSR count). The molecule has 1 heterocycles. The Hall–Kier alpha value is -0.300. The molecule has 3 unspecified atom stereocenters. The second-order valence-corrected chi connectivity index (χ2v) is 6.08. The number of allylic oxidation sites excluding steroid dienone is 1. The number of likely N-dealkylation sites (tertiary alicyclic amines) is 1. The van der Waals surface area contributed by atoms with Crippen molar-refractivity contribution in [1.82, 2.24) is 4.90 Å². The Morgan fingerprint density at radius 3 is 3.00 bits per heavy atom. The summed E-state index contributed by atoms with van der Waals surface area (Å²) in [5.41, 5.74) is 2.89. The highest BCUT2D eigenvalue weighted by molar-refractivity contribution is 5.32. The molecule has 0 N–H and O–H groups in total. The number of piperidine rings is 1. The molecular weight excluding hydrogens is 182 g/mol. The fourth-order valence-corrected chi connectivity index (χ4v) is 4.79. The summed E-state index contributed by atoms with van der Waals surface area (Å²) in [6, 6.07) is 0. The molecule has 3 atom stereocenters. The van der Waals surface area contributed by atoms with Crippen LogP contribution in [0.15, 0.2) is 11.6 Å². The van der Waals surface area contributed by atoms with Gasteiger partial charge < -0.3 is 0 Å². The minimum Gasteiger partial charge on any atom is -0.300 e. The van der Waals surface area contributed by atoms with Crippen LogP contribution in [0, 0.1) is 11.3 Å². The lowest BCUT2D eigenvalue weighted by molar-refractivity contribution is 0.232. The first-order valence-electron chi connectivity index (χ1n) is 6.50. The van der Waals surface area contributed by atoms with Crippen molar-refractivity contribution < 1.29 is 0 Å². The number of rotatable bonds is 0. The number of hydrogen-bond acceptors (Lipinski definition) is 1. The van der Waals surface area contributed by atoms with E-state index in [2.05, 4.69) is 31.9 Å². The third-order valence-electron chi connectivity index (χ3n) is 5.85. The summed E-state index contributed by atoms with van der Waals surface area (Å²) >= 11 is 0. The van der Waals surface area contributed by atoms with Gasteiger partial charge in [0.15, 0.2) is 0 Å². The van der Waals surface area contributed by atoms with Gasteiger partial charge in [-0.1, -0.05) is 18.6 Å². The summed E-state index contributed by atoms with van der Waals surface area (Å²) in [5.74, 6) is 0.936. The van der Waals surface area contributed by atoms with Gasteiger partial charge >= 0.3 is 0 Å². The predicted octanol–water partition coefficient (Wildman–Crippen LogP) is 3.22. The average Bonchev–Trinajstić information content (AvgIpc) is 2.53. The van der Waals surface area contributed by atoms with E-state index in [9.17, 15) is 0 Å². The Balaban J connectivity index is 1.97. The second kappa shape index (κ2) is 2.88. The maximum Gasteiger partial charge on any atom is 0.0332 e. The highest BCUT2D eigenvalue weighted by Gasteiger charge is 2.76. The van der Waals surface area contributed by atoms with Crippen LogP contribution in [0.3, 0.4) is 0 Å². The topological polar surface area (TPSA) is 3.24 Å². The summed E-state index contributed by atoms with van der Waals surface area (Å²) in [5, 5.41) is 0. The Morgan fingerprint density at radius 1 is 1.40 bits per heavy atom. The van der Waals surface area contributed by atoms with Gasteiger partial charge in [-0.05, 0) is 64.0 Å². The molecule has 0 bridgehead atoms. The van der Waals surface area contributed by atoms with E-state index in [1.54, 1.807) is 5.57 Å². The van der Waals surface area contributed by atoms with E-state index in [-0.39, 0.29) is 0 Å². The van der Waals surface area contributed by atoms with Gasteiger partial charge in [0.05, 0.1) is 0 Å². The number of hydrogen-bond donors (Lipinski definition) is 0. The van der Waals surface area contributed by atoms with Crippen molar-refractivity contribution in [2.45, 2.75) is 51.5 Å². The van der Waals surface area contributed by atoms with E-state index in [0.29, 0.717) is 11.0 Å². The monoisotopic (exact) mass is 205 g/mol. The maximum atomic E-state index is 2.66. The first-order valence-corrected chi connectivity index (χ1v) is 6.50. The Bertz CT molecular complexity index is 319. The summed E-state index contributed by atoms with van der Waals surface area (Å²) < 4.78 is 0. The molecular formula is C14H23N. The van der Waals surface area contributed by atoms with Gasteiger partial charge in [0.25, 0.3) is 0 Å². The lowest BCUT2D eigenvalue weighted by Gasteiger charge is -2.26. The molecule has 2 fully saturated rings. The highest BCUT2D eigenvalue weighted by Crippen LogP contribution is 2.74. The minimum atomic E-state index is 0.564. The Labute approximate surface area is 93.5 Å². The zero-order valence-corrected chi connectivity index (χ0v) is 10.3. The normalized spacial score (nSPS) is 50.1. The van der Waals surface area contributed by atoms with Crippen molar-refractivity contribution in [2.75, 3.05) is 13.6 Å². The van der Waals surface area contributed by atoms with Crippen molar-refractivity contribution in [2.24, 2.45) is 11.3 Å². The predicted molar refractivity (Wildman–Crippen MR) is 63.8 cm³/mol. The lowest BCUT2D eigenvalue weighted by atomic mass is 9.87. The molecule has 2 aliphatic carbocycles. The SMILES string of the molecule is CC1=CCC23C(C)C2(CCC1)CCN3C. The van der Waals surface area contributed by atoms with E-state index in [0.717, 1.165) is 5.92 Å². The zero-order chi connectivity index (χ0) is 10.7. The van der Waals surface area contributed by atoms with Crippen molar-refractivity contribution in [3.8, 4) is 0 Å². The van der Waals surface area contributed by atoms with Crippen molar-refractivity contribution >= 4 is 0 Å². The van der Waals surface area contributed by atoms with E-state index in [4.69, 9.17) is 0 Å². The first-order chi connectivity index (χ1) is 7.13. The molecule has 0 aromatic rings. The molecule has 1 saturated carbocycles. The molecule has 0 aromatic carbocycles. The van der Waals surface area contributed by atoms with Crippen molar-refractivity contribution in [3.05, 3.63) is 11.6 Å². The molecule has 0 aromatic heterocycles. The van der Waals surface area contributed by atoms with E-state index in [1.165, 1.54) is 38.6 Å². The van der Waals surface area contributed by atoms with E-state index >= 15 is 0 Å². The molecule has 3 aliphatic rings. The molecule has 1 aliphatic heterocycles. The molecule has 1 saturated heterocycles. The van der Waals surface area contributed by atoms with Crippen molar-refractivity contribution in [1.29, 1.82) is 0 Å². The molecule has 1 nitrogen and oxygen atoms in total. The van der Waals surface area contributed by atoms with Crippen LogP contribution in [0.25, 0.3) is 0 Å². The Morgan fingerprint density at radius 2 is 2.20 bits per heavy atom. The summed E-state index contributed by atoms with van der Waals surface area (Å²) in [7, 11) is 2.34. The van der Waals surface area contributed by atoms with Crippen LogP contribution in [-0.4, -0.2) is 24.0 Å². The molecule has 0 amide bonds. The summed E-state index contributed by atoms with van der Waals surface area (Å²) in [6.07, 6.45) is 9.54. The molecule has 0 radical (unpaired) electrons. The molecule has 15 heavy (non-hydrogen) atoms. The van der Waals surface area contributed by atoms with Gasteiger partial charge in [0.1, 0.15) is 0 Å². The van der Waals surface area contributed by atoms with Gasteiger partial charge in [-0.15, -0.1) is 0 Å². The standard InChI is InChI=1S/C14H23N/c1-11-5-4-7-13-9-10-15(3)14(13,8-6-11)12(13)2/h6,12H,4-5,7-10H2,1-3H3. The van der Waals surface area contributed by atoms with E-state index in [1.807, 2.05) is 0 Å². The van der Waals surface area contributed by atoms with Crippen LogP contribution in [0.2, 0.25) is 0 Å². The minimum absolute atomic E-state index is 0.564. The largest absolute Gasteiger partial charge is 0.300 e. The number of nitrogens with zero attached hydrogens (tertiary/aromatic N) is 1. The fourth-order valence-electron chi connectivity index (χ4n) is 4.79.